The maximum Gasteiger partial charge on any atom is 0.132 e. The highest BCUT2D eigenvalue weighted by molar-refractivity contribution is 6.30. The van der Waals surface area contributed by atoms with Gasteiger partial charge in [-0.05, 0) is 31.2 Å². The van der Waals surface area contributed by atoms with Crippen molar-refractivity contribution in [1.29, 1.82) is 0 Å². The van der Waals surface area contributed by atoms with E-state index in [0.717, 1.165) is 24.3 Å². The standard InChI is InChI=1S/C9H11ClN2/c1-6-3-7-4-12(2)5-8(7)11-9(6)10/h3H,4-5H2,1-2H3. The summed E-state index contributed by atoms with van der Waals surface area (Å²) < 4.78 is 0. The van der Waals surface area contributed by atoms with Gasteiger partial charge in [0.2, 0.25) is 0 Å². The average molecular weight is 183 g/mol. The first-order valence-corrected chi connectivity index (χ1v) is 4.38. The van der Waals surface area contributed by atoms with Crippen LogP contribution in [-0.2, 0) is 13.1 Å². The quantitative estimate of drug-likeness (QED) is 0.571. The van der Waals surface area contributed by atoms with Crippen molar-refractivity contribution in [3.05, 3.63) is 28.0 Å². The van der Waals surface area contributed by atoms with Gasteiger partial charge in [-0.15, -0.1) is 0 Å². The molecule has 3 heteroatoms. The van der Waals surface area contributed by atoms with E-state index >= 15 is 0 Å². The molecule has 0 radical (unpaired) electrons. The smallest absolute Gasteiger partial charge is 0.132 e. The third-order valence-electron chi connectivity index (χ3n) is 2.18. The molecular formula is C9H11ClN2. The van der Waals surface area contributed by atoms with Crippen molar-refractivity contribution in [2.45, 2.75) is 20.0 Å². The molecule has 2 heterocycles. The molecule has 0 saturated carbocycles. The van der Waals surface area contributed by atoms with Gasteiger partial charge in [-0.25, -0.2) is 4.98 Å². The van der Waals surface area contributed by atoms with Crippen molar-refractivity contribution >= 4 is 11.6 Å². The Labute approximate surface area is 77.2 Å². The summed E-state index contributed by atoms with van der Waals surface area (Å²) in [5.74, 6) is 0. The molecule has 1 aromatic heterocycles. The van der Waals surface area contributed by atoms with Crippen LogP contribution < -0.4 is 0 Å². The van der Waals surface area contributed by atoms with Crippen LogP contribution in [0.5, 0.6) is 0 Å². The zero-order valence-electron chi connectivity index (χ0n) is 7.26. The summed E-state index contributed by atoms with van der Waals surface area (Å²) in [6, 6.07) is 2.13. The van der Waals surface area contributed by atoms with Crippen molar-refractivity contribution < 1.29 is 0 Å². The van der Waals surface area contributed by atoms with Gasteiger partial charge in [0.05, 0.1) is 5.69 Å². The van der Waals surface area contributed by atoms with E-state index in [1.165, 1.54) is 5.56 Å². The molecule has 1 aliphatic heterocycles. The van der Waals surface area contributed by atoms with Crippen LogP contribution in [0.25, 0.3) is 0 Å². The van der Waals surface area contributed by atoms with Crippen molar-refractivity contribution in [2.24, 2.45) is 0 Å². The van der Waals surface area contributed by atoms with Crippen LogP contribution in [0.3, 0.4) is 0 Å². The number of aromatic nitrogens is 1. The van der Waals surface area contributed by atoms with Crippen LogP contribution in [-0.4, -0.2) is 16.9 Å². The van der Waals surface area contributed by atoms with Gasteiger partial charge in [0, 0.05) is 13.1 Å². The number of hydrogen-bond donors (Lipinski definition) is 0. The number of hydrogen-bond acceptors (Lipinski definition) is 2. The fraction of sp³-hybridized carbons (Fsp3) is 0.444. The fourth-order valence-corrected chi connectivity index (χ4v) is 1.72. The number of rotatable bonds is 0. The number of halogens is 1. The zero-order valence-corrected chi connectivity index (χ0v) is 8.02. The molecule has 12 heavy (non-hydrogen) atoms. The second-order valence-corrected chi connectivity index (χ2v) is 3.73. The van der Waals surface area contributed by atoms with E-state index in [1.54, 1.807) is 0 Å². The molecule has 0 bridgehead atoms. The van der Waals surface area contributed by atoms with Gasteiger partial charge < -0.3 is 0 Å². The Morgan fingerprint density at radius 1 is 1.50 bits per heavy atom. The molecule has 1 aliphatic rings. The monoisotopic (exact) mass is 182 g/mol. The van der Waals surface area contributed by atoms with E-state index in [2.05, 4.69) is 23.0 Å². The maximum atomic E-state index is 5.91. The minimum Gasteiger partial charge on any atom is -0.296 e. The predicted molar refractivity (Wildman–Crippen MR) is 49.2 cm³/mol. The van der Waals surface area contributed by atoms with E-state index in [9.17, 15) is 0 Å². The molecule has 0 N–H and O–H groups in total. The van der Waals surface area contributed by atoms with E-state index in [0.29, 0.717) is 5.15 Å². The van der Waals surface area contributed by atoms with Gasteiger partial charge in [0.25, 0.3) is 0 Å². The van der Waals surface area contributed by atoms with Crippen LogP contribution in [0.2, 0.25) is 5.15 Å². The normalized spacial score (nSPS) is 16.6. The molecule has 0 unspecified atom stereocenters. The summed E-state index contributed by atoms with van der Waals surface area (Å²) in [6.07, 6.45) is 0. The Kier molecular flexibility index (Phi) is 1.81. The van der Waals surface area contributed by atoms with E-state index < -0.39 is 0 Å². The van der Waals surface area contributed by atoms with Crippen LogP contribution in [0.4, 0.5) is 0 Å². The third kappa shape index (κ3) is 1.21. The molecule has 0 fully saturated rings. The SMILES string of the molecule is Cc1cc2c(nc1Cl)CN(C)C2. The van der Waals surface area contributed by atoms with Crippen LogP contribution in [0, 0.1) is 6.92 Å². The van der Waals surface area contributed by atoms with E-state index in [4.69, 9.17) is 11.6 Å². The number of pyridine rings is 1. The van der Waals surface area contributed by atoms with E-state index in [1.807, 2.05) is 6.92 Å². The lowest BCUT2D eigenvalue weighted by molar-refractivity contribution is 0.351. The van der Waals surface area contributed by atoms with Crippen molar-refractivity contribution in [2.75, 3.05) is 7.05 Å². The van der Waals surface area contributed by atoms with Gasteiger partial charge in [-0.3, -0.25) is 4.90 Å². The summed E-state index contributed by atoms with van der Waals surface area (Å²) in [4.78, 5) is 6.56. The molecule has 0 saturated heterocycles. The largest absolute Gasteiger partial charge is 0.296 e. The maximum absolute atomic E-state index is 5.91. The van der Waals surface area contributed by atoms with Crippen molar-refractivity contribution in [3.8, 4) is 0 Å². The fourth-order valence-electron chi connectivity index (χ4n) is 1.56. The Morgan fingerprint density at radius 3 is 3.00 bits per heavy atom. The molecule has 2 rings (SSSR count). The Hall–Kier alpha value is -0.600. The Balaban J connectivity index is 2.48. The predicted octanol–water partition coefficient (Wildman–Crippen LogP) is 1.99. The first-order valence-electron chi connectivity index (χ1n) is 4.00. The number of aryl methyl sites for hydroxylation is 1. The molecule has 0 amide bonds. The molecule has 2 nitrogen and oxygen atoms in total. The van der Waals surface area contributed by atoms with Crippen molar-refractivity contribution in [1.82, 2.24) is 9.88 Å². The van der Waals surface area contributed by atoms with Crippen LogP contribution in [0.15, 0.2) is 6.07 Å². The summed E-state index contributed by atoms with van der Waals surface area (Å²) in [5, 5.41) is 0.643. The number of nitrogens with zero attached hydrogens (tertiary/aromatic N) is 2. The summed E-state index contributed by atoms with van der Waals surface area (Å²) in [7, 11) is 2.09. The highest BCUT2D eigenvalue weighted by atomic mass is 35.5. The first-order chi connectivity index (χ1) is 5.66. The number of fused-ring (bicyclic) bond motifs is 1. The summed E-state index contributed by atoms with van der Waals surface area (Å²) in [5.41, 5.74) is 3.53. The third-order valence-corrected chi connectivity index (χ3v) is 2.56. The minimum atomic E-state index is 0.643. The molecule has 64 valence electrons. The molecule has 1 aromatic rings. The lowest BCUT2D eigenvalue weighted by Crippen LogP contribution is -2.07. The average Bonchev–Trinajstić information content (AvgIpc) is 2.30. The molecular weight excluding hydrogens is 172 g/mol. The topological polar surface area (TPSA) is 16.1 Å². The van der Waals surface area contributed by atoms with Gasteiger partial charge >= 0.3 is 0 Å². The summed E-state index contributed by atoms with van der Waals surface area (Å²) >= 11 is 5.91. The molecule has 0 atom stereocenters. The molecule has 0 aliphatic carbocycles. The highest BCUT2D eigenvalue weighted by Gasteiger charge is 2.17. The van der Waals surface area contributed by atoms with Crippen LogP contribution >= 0.6 is 11.6 Å². The first kappa shape index (κ1) is 8.02. The van der Waals surface area contributed by atoms with E-state index in [-0.39, 0.29) is 0 Å². The van der Waals surface area contributed by atoms with Gasteiger partial charge in [-0.1, -0.05) is 11.6 Å². The zero-order chi connectivity index (χ0) is 8.72. The Bertz CT molecular complexity index is 292. The molecule has 0 spiro atoms. The second kappa shape index (κ2) is 2.71. The van der Waals surface area contributed by atoms with Crippen LogP contribution in [0.1, 0.15) is 16.8 Å². The van der Waals surface area contributed by atoms with Gasteiger partial charge in [0.15, 0.2) is 0 Å². The van der Waals surface area contributed by atoms with Crippen molar-refractivity contribution in [3.63, 3.8) is 0 Å². The Morgan fingerprint density at radius 2 is 2.25 bits per heavy atom. The second-order valence-electron chi connectivity index (χ2n) is 3.37. The van der Waals surface area contributed by atoms with Gasteiger partial charge in [0.1, 0.15) is 5.15 Å². The lowest BCUT2D eigenvalue weighted by Gasteiger charge is -2.02. The lowest BCUT2D eigenvalue weighted by atomic mass is 10.2. The summed E-state index contributed by atoms with van der Waals surface area (Å²) in [6.45, 7) is 3.92. The minimum absolute atomic E-state index is 0.643. The van der Waals surface area contributed by atoms with Gasteiger partial charge in [-0.2, -0.15) is 0 Å². The molecule has 0 aromatic carbocycles. The highest BCUT2D eigenvalue weighted by Crippen LogP contribution is 2.23.